The van der Waals surface area contributed by atoms with E-state index in [0.29, 0.717) is 0 Å². The molecule has 0 heterocycles. The summed E-state index contributed by atoms with van der Waals surface area (Å²) in [5.41, 5.74) is 2.83. The van der Waals surface area contributed by atoms with Crippen LogP contribution in [0.4, 0.5) is 5.69 Å². The topological polar surface area (TPSA) is 20.3 Å². The van der Waals surface area contributed by atoms with Crippen molar-refractivity contribution in [3.63, 3.8) is 0 Å². The summed E-state index contributed by atoms with van der Waals surface area (Å²) >= 11 is 0. The first kappa shape index (κ1) is 20.9. The highest BCUT2D eigenvalue weighted by molar-refractivity contribution is 6.05. The standard InChI is InChI=1S/C16H17NO.C3H8.C2H6/c1-3-13-8-7-9-14(12-13)16(18)17(2)15-10-5-4-6-11-15;1-3-2;1-2/h4-12H,3H2,1-2H3;3H2,1-2H3;1-2H3. The second-order valence-electron chi connectivity index (χ2n) is 4.96. The van der Waals surface area contributed by atoms with Crippen LogP contribution in [0.25, 0.3) is 0 Å². The molecule has 0 unspecified atom stereocenters. The van der Waals surface area contributed by atoms with E-state index in [1.807, 2.05) is 68.4 Å². The number of hydrogen-bond acceptors (Lipinski definition) is 1. The van der Waals surface area contributed by atoms with Crippen LogP contribution in [0.5, 0.6) is 0 Å². The third kappa shape index (κ3) is 7.14. The summed E-state index contributed by atoms with van der Waals surface area (Å²) in [7, 11) is 1.80. The van der Waals surface area contributed by atoms with Crippen LogP contribution in [-0.2, 0) is 6.42 Å². The maximum absolute atomic E-state index is 12.3. The minimum absolute atomic E-state index is 0.0245. The zero-order valence-corrected chi connectivity index (χ0v) is 15.5. The molecule has 0 aliphatic rings. The van der Waals surface area contributed by atoms with E-state index in [-0.39, 0.29) is 5.91 Å². The third-order valence-corrected chi connectivity index (χ3v) is 3.03. The molecule has 2 heteroatoms. The molecular weight excluding hydrogens is 282 g/mol. The van der Waals surface area contributed by atoms with Crippen LogP contribution >= 0.6 is 0 Å². The van der Waals surface area contributed by atoms with E-state index in [1.54, 1.807) is 11.9 Å². The van der Waals surface area contributed by atoms with E-state index < -0.39 is 0 Å². The van der Waals surface area contributed by atoms with Gasteiger partial charge >= 0.3 is 0 Å². The van der Waals surface area contributed by atoms with Gasteiger partial charge in [0.25, 0.3) is 5.91 Å². The van der Waals surface area contributed by atoms with Gasteiger partial charge in [-0.2, -0.15) is 0 Å². The summed E-state index contributed by atoms with van der Waals surface area (Å²) in [5.74, 6) is 0.0245. The maximum Gasteiger partial charge on any atom is 0.258 e. The van der Waals surface area contributed by atoms with E-state index in [0.717, 1.165) is 17.7 Å². The highest BCUT2D eigenvalue weighted by Crippen LogP contribution is 2.15. The first-order valence-electron chi connectivity index (χ1n) is 8.56. The molecule has 2 nitrogen and oxygen atoms in total. The molecule has 23 heavy (non-hydrogen) atoms. The second kappa shape index (κ2) is 12.5. The van der Waals surface area contributed by atoms with Gasteiger partial charge in [-0.05, 0) is 36.2 Å². The van der Waals surface area contributed by atoms with Crippen LogP contribution in [0.1, 0.15) is 57.0 Å². The SMILES string of the molecule is CC.CCC.CCc1cccc(C(=O)N(C)c2ccccc2)c1. The molecule has 0 atom stereocenters. The summed E-state index contributed by atoms with van der Waals surface area (Å²) in [4.78, 5) is 14.0. The Labute approximate surface area is 142 Å². The fourth-order valence-corrected chi connectivity index (χ4v) is 1.89. The van der Waals surface area contributed by atoms with Crippen molar-refractivity contribution in [2.45, 2.75) is 47.5 Å². The monoisotopic (exact) mass is 313 g/mol. The normalized spacial score (nSPS) is 8.96. The van der Waals surface area contributed by atoms with Crippen LogP contribution < -0.4 is 4.90 Å². The van der Waals surface area contributed by atoms with Gasteiger partial charge in [0.15, 0.2) is 0 Å². The van der Waals surface area contributed by atoms with Crippen molar-refractivity contribution in [3.05, 3.63) is 65.7 Å². The van der Waals surface area contributed by atoms with Gasteiger partial charge in [0, 0.05) is 18.3 Å². The number of anilines is 1. The minimum Gasteiger partial charge on any atom is -0.311 e. The van der Waals surface area contributed by atoms with E-state index in [4.69, 9.17) is 0 Å². The lowest BCUT2D eigenvalue weighted by atomic mass is 10.1. The molecule has 0 aromatic heterocycles. The highest BCUT2D eigenvalue weighted by atomic mass is 16.2. The van der Waals surface area contributed by atoms with Gasteiger partial charge in [-0.3, -0.25) is 4.79 Å². The highest BCUT2D eigenvalue weighted by Gasteiger charge is 2.12. The number of rotatable bonds is 3. The average Bonchev–Trinajstić information content (AvgIpc) is 2.63. The quantitative estimate of drug-likeness (QED) is 0.683. The van der Waals surface area contributed by atoms with Crippen molar-refractivity contribution in [2.75, 3.05) is 11.9 Å². The summed E-state index contributed by atoms with van der Waals surface area (Å²) < 4.78 is 0. The molecule has 0 fully saturated rings. The zero-order chi connectivity index (χ0) is 17.7. The molecule has 126 valence electrons. The zero-order valence-electron chi connectivity index (χ0n) is 15.5. The minimum atomic E-state index is 0.0245. The Morgan fingerprint density at radius 1 is 0.913 bits per heavy atom. The first-order valence-corrected chi connectivity index (χ1v) is 8.56. The predicted molar refractivity (Wildman–Crippen MR) is 102 cm³/mol. The van der Waals surface area contributed by atoms with Crippen LogP contribution in [-0.4, -0.2) is 13.0 Å². The fourth-order valence-electron chi connectivity index (χ4n) is 1.89. The van der Waals surface area contributed by atoms with Gasteiger partial charge in [0.2, 0.25) is 0 Å². The van der Waals surface area contributed by atoms with Crippen molar-refractivity contribution >= 4 is 11.6 Å². The van der Waals surface area contributed by atoms with Crippen molar-refractivity contribution < 1.29 is 4.79 Å². The Bertz CT molecular complexity index is 549. The molecule has 0 aliphatic carbocycles. The van der Waals surface area contributed by atoms with Gasteiger partial charge in [0.1, 0.15) is 0 Å². The molecule has 0 saturated heterocycles. The van der Waals surface area contributed by atoms with Gasteiger partial charge in [-0.25, -0.2) is 0 Å². The van der Waals surface area contributed by atoms with Gasteiger partial charge in [0.05, 0.1) is 0 Å². The number of aryl methyl sites for hydroxylation is 1. The van der Waals surface area contributed by atoms with Crippen molar-refractivity contribution in [1.29, 1.82) is 0 Å². The maximum atomic E-state index is 12.3. The smallest absolute Gasteiger partial charge is 0.258 e. The summed E-state index contributed by atoms with van der Waals surface area (Å²) in [5, 5.41) is 0. The van der Waals surface area contributed by atoms with Crippen LogP contribution in [0.2, 0.25) is 0 Å². The first-order chi connectivity index (χ1) is 11.1. The van der Waals surface area contributed by atoms with Crippen LogP contribution in [0, 0.1) is 0 Å². The lowest BCUT2D eigenvalue weighted by molar-refractivity contribution is 0.0993. The molecule has 0 radical (unpaired) electrons. The molecule has 2 aromatic carbocycles. The molecule has 1 amide bonds. The number of carbonyl (C=O) groups is 1. The number of hydrogen-bond donors (Lipinski definition) is 0. The number of benzene rings is 2. The van der Waals surface area contributed by atoms with E-state index >= 15 is 0 Å². The Morgan fingerprint density at radius 2 is 1.48 bits per heavy atom. The number of carbonyl (C=O) groups excluding carboxylic acids is 1. The van der Waals surface area contributed by atoms with Crippen molar-refractivity contribution in [2.24, 2.45) is 0 Å². The molecule has 2 rings (SSSR count). The van der Waals surface area contributed by atoms with Gasteiger partial charge in [-0.1, -0.05) is 71.4 Å². The molecular formula is C21H31NO. The van der Waals surface area contributed by atoms with Crippen LogP contribution in [0.15, 0.2) is 54.6 Å². The predicted octanol–water partition coefficient (Wildman–Crippen LogP) is 5.97. The molecule has 0 N–H and O–H groups in total. The van der Waals surface area contributed by atoms with Crippen molar-refractivity contribution in [1.82, 2.24) is 0 Å². The van der Waals surface area contributed by atoms with E-state index in [9.17, 15) is 4.79 Å². The van der Waals surface area contributed by atoms with Gasteiger partial charge < -0.3 is 4.90 Å². The summed E-state index contributed by atoms with van der Waals surface area (Å²) in [6.07, 6.45) is 2.19. The molecule has 0 spiro atoms. The van der Waals surface area contributed by atoms with Crippen molar-refractivity contribution in [3.8, 4) is 0 Å². The average molecular weight is 313 g/mol. The Morgan fingerprint density at radius 3 is 2.00 bits per heavy atom. The number of amides is 1. The molecule has 0 saturated carbocycles. The second-order valence-corrected chi connectivity index (χ2v) is 4.96. The van der Waals surface area contributed by atoms with Gasteiger partial charge in [-0.15, -0.1) is 0 Å². The summed E-state index contributed by atoms with van der Waals surface area (Å²) in [6, 6.07) is 17.5. The molecule has 0 bridgehead atoms. The largest absolute Gasteiger partial charge is 0.311 e. The Kier molecular flexibility index (Phi) is 11.3. The lowest BCUT2D eigenvalue weighted by Gasteiger charge is -2.17. The van der Waals surface area contributed by atoms with E-state index in [2.05, 4.69) is 20.8 Å². The fraction of sp³-hybridized carbons (Fsp3) is 0.381. The Balaban J connectivity index is 0.000000868. The molecule has 2 aromatic rings. The lowest BCUT2D eigenvalue weighted by Crippen LogP contribution is -2.26. The third-order valence-electron chi connectivity index (χ3n) is 3.03. The number of nitrogens with zero attached hydrogens (tertiary/aromatic N) is 1. The van der Waals surface area contributed by atoms with Crippen LogP contribution in [0.3, 0.4) is 0 Å². The summed E-state index contributed by atoms with van der Waals surface area (Å²) in [6.45, 7) is 10.3. The number of para-hydroxylation sites is 1. The van der Waals surface area contributed by atoms with E-state index in [1.165, 1.54) is 12.0 Å². The Hall–Kier alpha value is -2.09. The molecule has 0 aliphatic heterocycles.